The predicted molar refractivity (Wildman–Crippen MR) is 113 cm³/mol. The minimum Gasteiger partial charge on any atom is -0.485 e. The topological polar surface area (TPSA) is 63.7 Å². The highest BCUT2D eigenvalue weighted by Crippen LogP contribution is 2.31. The molecule has 0 spiro atoms. The molecule has 1 fully saturated rings. The highest BCUT2D eigenvalue weighted by atomic mass is 79.9. The Morgan fingerprint density at radius 3 is 2.71 bits per heavy atom. The SMILES string of the molecule is CC(C)(C)OC(=O)NC1CCN(c2nc(Br)ccc2OCc2ccccc2)C1. The number of aromatic nitrogens is 1. The van der Waals surface area contributed by atoms with E-state index in [0.717, 1.165) is 34.7 Å². The van der Waals surface area contributed by atoms with Gasteiger partial charge in [0.1, 0.15) is 16.8 Å². The van der Waals surface area contributed by atoms with Crippen LogP contribution in [0.4, 0.5) is 10.6 Å². The third-order valence-corrected chi connectivity index (χ3v) is 4.69. The van der Waals surface area contributed by atoms with Gasteiger partial charge in [-0.3, -0.25) is 0 Å². The Morgan fingerprint density at radius 2 is 2.00 bits per heavy atom. The van der Waals surface area contributed by atoms with E-state index in [-0.39, 0.29) is 12.1 Å². The van der Waals surface area contributed by atoms with Crippen molar-refractivity contribution in [2.45, 2.75) is 45.4 Å². The molecular formula is C21H26BrN3O3. The molecule has 0 aliphatic carbocycles. The van der Waals surface area contributed by atoms with Crippen molar-refractivity contribution in [2.24, 2.45) is 0 Å². The van der Waals surface area contributed by atoms with Crippen LogP contribution in [-0.2, 0) is 11.3 Å². The van der Waals surface area contributed by atoms with E-state index >= 15 is 0 Å². The summed E-state index contributed by atoms with van der Waals surface area (Å²) < 4.78 is 12.1. The third-order valence-electron chi connectivity index (χ3n) is 4.25. The zero-order chi connectivity index (χ0) is 20.1. The highest BCUT2D eigenvalue weighted by molar-refractivity contribution is 9.10. The predicted octanol–water partition coefficient (Wildman–Crippen LogP) is 4.53. The molecule has 2 heterocycles. The molecular weight excluding hydrogens is 422 g/mol. The normalized spacial score (nSPS) is 16.7. The van der Waals surface area contributed by atoms with Crippen LogP contribution in [0.1, 0.15) is 32.8 Å². The van der Waals surface area contributed by atoms with E-state index < -0.39 is 5.60 Å². The van der Waals surface area contributed by atoms with Crippen LogP contribution in [0.15, 0.2) is 47.1 Å². The van der Waals surface area contributed by atoms with Gasteiger partial charge in [0, 0.05) is 13.1 Å². The minimum atomic E-state index is -0.507. The lowest BCUT2D eigenvalue weighted by Gasteiger charge is -2.23. The second-order valence-corrected chi connectivity index (χ2v) is 8.62. The Bertz CT molecular complexity index is 808. The Labute approximate surface area is 174 Å². The summed E-state index contributed by atoms with van der Waals surface area (Å²) in [4.78, 5) is 18.8. The number of benzene rings is 1. The Balaban J connectivity index is 1.64. The van der Waals surface area contributed by atoms with Crippen LogP contribution in [0.3, 0.4) is 0 Å². The number of hydrogen-bond acceptors (Lipinski definition) is 5. The summed E-state index contributed by atoms with van der Waals surface area (Å²) in [5, 5.41) is 2.94. The van der Waals surface area contributed by atoms with Gasteiger partial charge in [-0.25, -0.2) is 9.78 Å². The summed E-state index contributed by atoms with van der Waals surface area (Å²) in [5.41, 5.74) is 0.592. The van der Waals surface area contributed by atoms with E-state index in [4.69, 9.17) is 9.47 Å². The van der Waals surface area contributed by atoms with E-state index in [1.807, 2.05) is 63.2 Å². The van der Waals surface area contributed by atoms with Gasteiger partial charge in [-0.15, -0.1) is 0 Å². The molecule has 1 aliphatic heterocycles. The van der Waals surface area contributed by atoms with Gasteiger partial charge in [0.15, 0.2) is 11.6 Å². The molecule has 1 saturated heterocycles. The van der Waals surface area contributed by atoms with E-state index in [0.29, 0.717) is 13.2 Å². The van der Waals surface area contributed by atoms with Crippen LogP contribution in [0.2, 0.25) is 0 Å². The first kappa shape index (κ1) is 20.5. The van der Waals surface area contributed by atoms with Crippen molar-refractivity contribution in [2.75, 3.05) is 18.0 Å². The van der Waals surface area contributed by atoms with E-state index in [1.54, 1.807) is 0 Å². The van der Waals surface area contributed by atoms with Crippen molar-refractivity contribution < 1.29 is 14.3 Å². The van der Waals surface area contributed by atoms with Crippen LogP contribution < -0.4 is 15.0 Å². The fourth-order valence-corrected chi connectivity index (χ4v) is 3.33. The Morgan fingerprint density at radius 1 is 1.25 bits per heavy atom. The van der Waals surface area contributed by atoms with E-state index in [9.17, 15) is 4.79 Å². The smallest absolute Gasteiger partial charge is 0.407 e. The number of nitrogens with zero attached hydrogens (tertiary/aromatic N) is 2. The molecule has 1 aromatic carbocycles. The summed E-state index contributed by atoms with van der Waals surface area (Å²) >= 11 is 3.44. The number of hydrogen-bond donors (Lipinski definition) is 1. The number of amides is 1. The van der Waals surface area contributed by atoms with Crippen LogP contribution >= 0.6 is 15.9 Å². The molecule has 150 valence electrons. The zero-order valence-electron chi connectivity index (χ0n) is 16.4. The maximum atomic E-state index is 12.0. The van der Waals surface area contributed by atoms with Crippen LogP contribution in [0.25, 0.3) is 0 Å². The van der Waals surface area contributed by atoms with Crippen LogP contribution in [0, 0.1) is 0 Å². The van der Waals surface area contributed by atoms with Gasteiger partial charge in [0.2, 0.25) is 0 Å². The quantitative estimate of drug-likeness (QED) is 0.682. The average Bonchev–Trinajstić information content (AvgIpc) is 3.08. The number of anilines is 1. The highest BCUT2D eigenvalue weighted by Gasteiger charge is 2.28. The van der Waals surface area contributed by atoms with E-state index in [1.165, 1.54) is 0 Å². The number of carbonyl (C=O) groups excluding carboxylic acids is 1. The van der Waals surface area contributed by atoms with Gasteiger partial charge >= 0.3 is 6.09 Å². The first-order chi connectivity index (χ1) is 13.3. The van der Waals surface area contributed by atoms with E-state index in [2.05, 4.69) is 31.1 Å². The number of rotatable bonds is 5. The number of halogens is 1. The summed E-state index contributed by atoms with van der Waals surface area (Å²) in [6, 6.07) is 13.8. The van der Waals surface area contributed by atoms with Gasteiger partial charge in [-0.2, -0.15) is 0 Å². The molecule has 7 heteroatoms. The molecule has 28 heavy (non-hydrogen) atoms. The maximum absolute atomic E-state index is 12.0. The molecule has 1 atom stereocenters. The monoisotopic (exact) mass is 447 g/mol. The van der Waals surface area contributed by atoms with Gasteiger partial charge < -0.3 is 19.7 Å². The molecule has 6 nitrogen and oxygen atoms in total. The number of pyridine rings is 1. The van der Waals surface area contributed by atoms with Crippen molar-refractivity contribution >= 4 is 27.8 Å². The Hall–Kier alpha value is -2.28. The largest absolute Gasteiger partial charge is 0.485 e. The lowest BCUT2D eigenvalue weighted by atomic mass is 10.2. The average molecular weight is 448 g/mol. The van der Waals surface area contributed by atoms with Gasteiger partial charge in [0.05, 0.1) is 6.04 Å². The first-order valence-corrected chi connectivity index (χ1v) is 10.2. The van der Waals surface area contributed by atoms with Gasteiger partial charge in [0.25, 0.3) is 0 Å². The number of ether oxygens (including phenoxy) is 2. The van der Waals surface area contributed by atoms with Crippen molar-refractivity contribution in [3.05, 3.63) is 52.6 Å². The van der Waals surface area contributed by atoms with Crippen LogP contribution in [0.5, 0.6) is 5.75 Å². The molecule has 0 radical (unpaired) electrons. The van der Waals surface area contributed by atoms with Gasteiger partial charge in [-0.1, -0.05) is 30.3 Å². The molecule has 1 aromatic heterocycles. The fourth-order valence-electron chi connectivity index (χ4n) is 3.03. The lowest BCUT2D eigenvalue weighted by molar-refractivity contribution is 0.0509. The maximum Gasteiger partial charge on any atom is 0.407 e. The van der Waals surface area contributed by atoms with Crippen molar-refractivity contribution in [3.63, 3.8) is 0 Å². The second-order valence-electron chi connectivity index (χ2n) is 7.81. The zero-order valence-corrected chi connectivity index (χ0v) is 18.0. The summed E-state index contributed by atoms with van der Waals surface area (Å²) in [6.07, 6.45) is 0.438. The first-order valence-electron chi connectivity index (χ1n) is 9.38. The molecule has 0 saturated carbocycles. The summed E-state index contributed by atoms with van der Waals surface area (Å²) in [7, 11) is 0. The molecule has 3 rings (SSSR count). The number of nitrogens with one attached hydrogen (secondary N) is 1. The standard InChI is InChI=1S/C21H26BrN3O3/c1-21(2,3)28-20(26)23-16-11-12-25(13-16)19-17(9-10-18(22)24-19)27-14-15-7-5-4-6-8-15/h4-10,16H,11-14H2,1-3H3,(H,23,26). The van der Waals surface area contributed by atoms with Crippen molar-refractivity contribution in [1.82, 2.24) is 10.3 Å². The molecule has 1 amide bonds. The lowest BCUT2D eigenvalue weighted by Crippen LogP contribution is -2.40. The molecule has 1 unspecified atom stereocenters. The minimum absolute atomic E-state index is 0.0117. The van der Waals surface area contributed by atoms with Gasteiger partial charge in [-0.05, 0) is 60.8 Å². The number of alkyl carbamates (subject to hydrolysis) is 1. The molecule has 1 aliphatic rings. The molecule has 2 aromatic rings. The molecule has 0 bridgehead atoms. The summed E-state index contributed by atoms with van der Waals surface area (Å²) in [6.45, 7) is 7.49. The Kier molecular flexibility index (Phi) is 6.44. The second kappa shape index (κ2) is 8.82. The summed E-state index contributed by atoms with van der Waals surface area (Å²) in [5.74, 6) is 1.50. The number of carbonyl (C=O) groups is 1. The van der Waals surface area contributed by atoms with Crippen molar-refractivity contribution in [3.8, 4) is 5.75 Å². The van der Waals surface area contributed by atoms with Crippen molar-refractivity contribution in [1.29, 1.82) is 0 Å². The molecule has 1 N–H and O–H groups in total. The third kappa shape index (κ3) is 5.86. The fraction of sp³-hybridized carbons (Fsp3) is 0.429. The van der Waals surface area contributed by atoms with Crippen LogP contribution in [-0.4, -0.2) is 35.8 Å².